The summed E-state index contributed by atoms with van der Waals surface area (Å²) in [4.78, 5) is 15.3. The van der Waals surface area contributed by atoms with Crippen molar-refractivity contribution < 1.29 is 14.0 Å². The van der Waals surface area contributed by atoms with Crippen molar-refractivity contribution in [3.63, 3.8) is 0 Å². The Bertz CT molecular complexity index is 495. The fourth-order valence-corrected chi connectivity index (χ4v) is 2.79. The van der Waals surface area contributed by atoms with Crippen LogP contribution in [0.5, 0.6) is 5.88 Å². The lowest BCUT2D eigenvalue weighted by Gasteiger charge is -2.36. The standard InChI is InChI=1S/C17H29NO3Si/c1-14(19)12-15-8-9-18-16(13-15)20-10-7-11-21-22(5,6)17(2,3)4/h8-9,13H,7,10-12H2,1-6H3. The van der Waals surface area contributed by atoms with Gasteiger partial charge in [0.2, 0.25) is 5.88 Å². The maximum Gasteiger partial charge on any atom is 0.213 e. The van der Waals surface area contributed by atoms with Crippen LogP contribution in [0.1, 0.15) is 39.7 Å². The van der Waals surface area contributed by atoms with Crippen LogP contribution >= 0.6 is 0 Å². The van der Waals surface area contributed by atoms with Crippen LogP contribution in [0.25, 0.3) is 0 Å². The predicted octanol–water partition coefficient (Wildman–Crippen LogP) is 4.00. The minimum atomic E-state index is -1.67. The van der Waals surface area contributed by atoms with Crippen LogP contribution < -0.4 is 4.74 Å². The number of rotatable bonds is 8. The Morgan fingerprint density at radius 2 is 1.95 bits per heavy atom. The van der Waals surface area contributed by atoms with E-state index >= 15 is 0 Å². The minimum absolute atomic E-state index is 0.139. The average Bonchev–Trinajstić information content (AvgIpc) is 2.36. The number of ketones is 1. The van der Waals surface area contributed by atoms with Gasteiger partial charge in [0.25, 0.3) is 0 Å². The summed E-state index contributed by atoms with van der Waals surface area (Å²) in [5.74, 6) is 0.714. The number of carbonyl (C=O) groups excluding carboxylic acids is 1. The molecule has 1 heterocycles. The Labute approximate surface area is 135 Å². The first kappa shape index (κ1) is 18.8. The van der Waals surface area contributed by atoms with Crippen LogP contribution in [0, 0.1) is 0 Å². The molecular weight excluding hydrogens is 294 g/mol. The SMILES string of the molecule is CC(=O)Cc1ccnc(OCCCO[Si](C)(C)C(C)(C)C)c1. The Morgan fingerprint density at radius 3 is 2.55 bits per heavy atom. The van der Waals surface area contributed by atoms with E-state index in [9.17, 15) is 4.79 Å². The molecule has 0 spiro atoms. The summed E-state index contributed by atoms with van der Waals surface area (Å²) in [5, 5.41) is 0.233. The van der Waals surface area contributed by atoms with Gasteiger partial charge < -0.3 is 9.16 Å². The number of nitrogens with zero attached hydrogens (tertiary/aromatic N) is 1. The van der Waals surface area contributed by atoms with Gasteiger partial charge in [-0.3, -0.25) is 4.79 Å². The fraction of sp³-hybridized carbons (Fsp3) is 0.647. The molecule has 22 heavy (non-hydrogen) atoms. The third-order valence-corrected chi connectivity index (χ3v) is 8.60. The Kier molecular flexibility index (Phi) is 6.75. The van der Waals surface area contributed by atoms with Crippen molar-refractivity contribution >= 4 is 14.1 Å². The number of pyridine rings is 1. The number of hydrogen-bond donors (Lipinski definition) is 0. The zero-order valence-corrected chi connectivity index (χ0v) is 15.7. The van der Waals surface area contributed by atoms with Crippen LogP contribution in [0.15, 0.2) is 18.3 Å². The van der Waals surface area contributed by atoms with Gasteiger partial charge in [0.1, 0.15) is 5.78 Å². The summed E-state index contributed by atoms with van der Waals surface area (Å²) in [6, 6.07) is 3.67. The van der Waals surface area contributed by atoms with Crippen molar-refractivity contribution in [3.05, 3.63) is 23.9 Å². The minimum Gasteiger partial charge on any atom is -0.478 e. The van der Waals surface area contributed by atoms with Gasteiger partial charge in [0.05, 0.1) is 6.61 Å². The lowest BCUT2D eigenvalue weighted by Crippen LogP contribution is -2.41. The second-order valence-electron chi connectivity index (χ2n) is 7.19. The van der Waals surface area contributed by atoms with Crippen molar-refractivity contribution in [2.75, 3.05) is 13.2 Å². The third kappa shape index (κ3) is 6.28. The van der Waals surface area contributed by atoms with E-state index in [1.54, 1.807) is 13.1 Å². The van der Waals surface area contributed by atoms with Crippen molar-refractivity contribution in [1.29, 1.82) is 0 Å². The smallest absolute Gasteiger partial charge is 0.213 e. The monoisotopic (exact) mass is 323 g/mol. The quantitative estimate of drug-likeness (QED) is 0.536. The lowest BCUT2D eigenvalue weighted by atomic mass is 10.1. The van der Waals surface area contributed by atoms with Gasteiger partial charge >= 0.3 is 0 Å². The van der Waals surface area contributed by atoms with Crippen LogP contribution in [0.4, 0.5) is 0 Å². The summed E-state index contributed by atoms with van der Waals surface area (Å²) in [6.45, 7) is 14.1. The number of aromatic nitrogens is 1. The molecule has 0 amide bonds. The van der Waals surface area contributed by atoms with Gasteiger partial charge in [-0.25, -0.2) is 4.98 Å². The van der Waals surface area contributed by atoms with E-state index in [2.05, 4.69) is 38.8 Å². The maximum absolute atomic E-state index is 11.1. The summed E-state index contributed by atoms with van der Waals surface area (Å²) < 4.78 is 11.7. The van der Waals surface area contributed by atoms with Crippen LogP contribution in [-0.4, -0.2) is 32.3 Å². The average molecular weight is 324 g/mol. The molecule has 0 fully saturated rings. The molecule has 124 valence electrons. The Balaban J connectivity index is 2.35. The highest BCUT2D eigenvalue weighted by atomic mass is 28.4. The Hall–Kier alpha value is -1.20. The predicted molar refractivity (Wildman–Crippen MR) is 91.9 cm³/mol. The molecule has 0 bridgehead atoms. The van der Waals surface area contributed by atoms with Gasteiger partial charge in [-0.1, -0.05) is 20.8 Å². The number of carbonyl (C=O) groups is 1. The van der Waals surface area contributed by atoms with Crippen molar-refractivity contribution in [1.82, 2.24) is 4.98 Å². The summed E-state index contributed by atoms with van der Waals surface area (Å²) in [6.07, 6.45) is 2.94. The zero-order chi connectivity index (χ0) is 16.8. The largest absolute Gasteiger partial charge is 0.478 e. The molecule has 0 N–H and O–H groups in total. The van der Waals surface area contributed by atoms with E-state index in [-0.39, 0.29) is 10.8 Å². The molecular formula is C17H29NO3Si. The number of hydrogen-bond acceptors (Lipinski definition) is 4. The molecule has 0 aromatic carbocycles. The first-order chi connectivity index (χ1) is 10.1. The van der Waals surface area contributed by atoms with Crippen molar-refractivity contribution in [2.24, 2.45) is 0 Å². The zero-order valence-electron chi connectivity index (χ0n) is 14.7. The first-order valence-electron chi connectivity index (χ1n) is 7.83. The molecule has 0 atom stereocenters. The molecule has 5 heteroatoms. The molecule has 0 radical (unpaired) electrons. The normalized spacial score (nSPS) is 12.3. The van der Waals surface area contributed by atoms with Crippen LogP contribution in [0.2, 0.25) is 18.1 Å². The van der Waals surface area contributed by atoms with Crippen molar-refractivity contribution in [2.45, 2.75) is 58.7 Å². The number of ether oxygens (including phenoxy) is 1. The molecule has 1 rings (SSSR count). The Morgan fingerprint density at radius 1 is 1.27 bits per heavy atom. The van der Waals surface area contributed by atoms with Gasteiger partial charge in [0.15, 0.2) is 8.32 Å². The van der Waals surface area contributed by atoms with E-state index < -0.39 is 8.32 Å². The lowest BCUT2D eigenvalue weighted by molar-refractivity contribution is -0.116. The van der Waals surface area contributed by atoms with E-state index in [0.29, 0.717) is 25.5 Å². The highest BCUT2D eigenvalue weighted by Crippen LogP contribution is 2.36. The fourth-order valence-electron chi connectivity index (χ4n) is 1.71. The molecule has 4 nitrogen and oxygen atoms in total. The molecule has 0 saturated heterocycles. The topological polar surface area (TPSA) is 48.4 Å². The van der Waals surface area contributed by atoms with Crippen molar-refractivity contribution in [3.8, 4) is 5.88 Å². The molecule has 0 unspecified atom stereocenters. The first-order valence-corrected chi connectivity index (χ1v) is 10.7. The van der Waals surface area contributed by atoms with Gasteiger partial charge in [0, 0.05) is 31.7 Å². The van der Waals surface area contributed by atoms with Crippen LogP contribution in [0.3, 0.4) is 0 Å². The molecule has 0 saturated carbocycles. The molecule has 1 aromatic heterocycles. The third-order valence-electron chi connectivity index (χ3n) is 4.06. The molecule has 1 aromatic rings. The number of Topliss-reactive ketones (excluding diaryl/α,β-unsaturated/α-hetero) is 1. The van der Waals surface area contributed by atoms with E-state index in [0.717, 1.165) is 12.0 Å². The van der Waals surface area contributed by atoms with E-state index in [1.807, 2.05) is 12.1 Å². The summed E-state index contributed by atoms with van der Waals surface area (Å²) >= 11 is 0. The second kappa shape index (κ2) is 7.88. The highest BCUT2D eigenvalue weighted by molar-refractivity contribution is 6.74. The summed E-state index contributed by atoms with van der Waals surface area (Å²) in [5.41, 5.74) is 0.940. The van der Waals surface area contributed by atoms with Gasteiger partial charge in [-0.2, -0.15) is 0 Å². The van der Waals surface area contributed by atoms with E-state index in [1.165, 1.54) is 0 Å². The van der Waals surface area contributed by atoms with Gasteiger partial charge in [-0.05, 0) is 36.7 Å². The maximum atomic E-state index is 11.1. The highest BCUT2D eigenvalue weighted by Gasteiger charge is 2.36. The molecule has 0 aliphatic carbocycles. The van der Waals surface area contributed by atoms with Crippen LogP contribution in [-0.2, 0) is 15.6 Å². The van der Waals surface area contributed by atoms with E-state index in [4.69, 9.17) is 9.16 Å². The second-order valence-corrected chi connectivity index (χ2v) is 12.0. The molecule has 0 aliphatic rings. The summed E-state index contributed by atoms with van der Waals surface area (Å²) in [7, 11) is -1.67. The van der Waals surface area contributed by atoms with Gasteiger partial charge in [-0.15, -0.1) is 0 Å². The molecule has 0 aliphatic heterocycles.